The van der Waals surface area contributed by atoms with Crippen molar-refractivity contribution in [1.29, 1.82) is 0 Å². The lowest BCUT2D eigenvalue weighted by Crippen LogP contribution is -2.39. The van der Waals surface area contributed by atoms with Gasteiger partial charge >= 0.3 is 0 Å². The maximum atomic E-state index is 4.68. The molecule has 3 unspecified atom stereocenters. The Balaban J connectivity index is 2.07. The topological polar surface area (TPSA) is 27.6 Å². The van der Waals surface area contributed by atoms with E-state index in [-0.39, 0.29) is 6.04 Å². The number of nitrogens with one attached hydrogen (secondary N) is 1. The van der Waals surface area contributed by atoms with Crippen molar-refractivity contribution in [3.05, 3.63) is 48.7 Å². The molecule has 1 heterocycles. The van der Waals surface area contributed by atoms with Gasteiger partial charge in [0.25, 0.3) is 0 Å². The molecule has 0 aromatic carbocycles. The van der Waals surface area contributed by atoms with E-state index in [9.17, 15) is 0 Å². The molecule has 0 amide bonds. The lowest BCUT2D eigenvalue weighted by Gasteiger charge is -2.34. The quantitative estimate of drug-likeness (QED) is 0.725. The minimum Gasteiger partial charge on any atom is -0.392 e. The molecule has 21 heavy (non-hydrogen) atoms. The van der Waals surface area contributed by atoms with Crippen LogP contribution in [0.25, 0.3) is 0 Å². The molecule has 0 aromatic heterocycles. The Kier molecular flexibility index (Phi) is 5.05. The van der Waals surface area contributed by atoms with Crippen molar-refractivity contribution in [3.8, 4) is 0 Å². The molecule has 2 aliphatic rings. The fourth-order valence-electron chi connectivity index (χ4n) is 3.05. The number of fused-ring (bicyclic) bond motifs is 1. The fourth-order valence-corrected chi connectivity index (χ4v) is 3.05. The first-order valence-corrected chi connectivity index (χ1v) is 7.77. The number of rotatable bonds is 7. The summed E-state index contributed by atoms with van der Waals surface area (Å²) in [6.07, 6.45) is 12.7. The van der Waals surface area contributed by atoms with Gasteiger partial charge in [-0.3, -0.25) is 5.01 Å². The molecule has 0 saturated heterocycles. The first-order valence-electron chi connectivity index (χ1n) is 7.77. The third-order valence-electron chi connectivity index (χ3n) is 4.39. The number of hydrogen-bond donors (Lipinski definition) is 1. The van der Waals surface area contributed by atoms with Crippen molar-refractivity contribution < 1.29 is 0 Å². The first kappa shape index (κ1) is 15.6. The average Bonchev–Trinajstić information content (AvgIpc) is 2.91. The summed E-state index contributed by atoms with van der Waals surface area (Å²) in [6.45, 7) is 12.5. The zero-order valence-electron chi connectivity index (χ0n) is 13.4. The minimum absolute atomic E-state index is 0.248. The van der Waals surface area contributed by atoms with E-state index < -0.39 is 0 Å². The van der Waals surface area contributed by atoms with Crippen molar-refractivity contribution >= 4 is 6.21 Å². The number of allylic oxidation sites excluding steroid dienone is 3. The van der Waals surface area contributed by atoms with Crippen molar-refractivity contribution in [2.24, 2.45) is 16.9 Å². The van der Waals surface area contributed by atoms with Crippen LogP contribution >= 0.6 is 0 Å². The zero-order valence-corrected chi connectivity index (χ0v) is 13.4. The number of nitrogens with zero attached hydrogens (tertiary/aromatic N) is 2. The van der Waals surface area contributed by atoms with Gasteiger partial charge in [-0.15, -0.1) is 6.58 Å². The van der Waals surface area contributed by atoms with Gasteiger partial charge in [-0.2, -0.15) is 5.10 Å². The summed E-state index contributed by atoms with van der Waals surface area (Å²) < 4.78 is 0. The molecule has 3 atom stereocenters. The molecule has 0 fully saturated rings. The Morgan fingerprint density at radius 2 is 2.29 bits per heavy atom. The highest BCUT2D eigenvalue weighted by atomic mass is 15.5. The summed E-state index contributed by atoms with van der Waals surface area (Å²) in [4.78, 5) is 0. The Hall–Kier alpha value is -1.77. The fraction of sp³-hybridized carbons (Fsp3) is 0.500. The van der Waals surface area contributed by atoms with Crippen LogP contribution in [0, 0.1) is 11.8 Å². The van der Waals surface area contributed by atoms with Crippen LogP contribution in [-0.2, 0) is 0 Å². The van der Waals surface area contributed by atoms with Gasteiger partial charge in [0.2, 0.25) is 0 Å². The van der Waals surface area contributed by atoms with E-state index in [0.717, 1.165) is 18.5 Å². The SMILES string of the molecule is C=CC(CCC(=C)NC)N1N=CC2C(C(C)C)=CC=CC21. The van der Waals surface area contributed by atoms with Crippen LogP contribution in [0.5, 0.6) is 0 Å². The second-order valence-electron chi connectivity index (χ2n) is 6.06. The number of hydrazone groups is 1. The predicted octanol–water partition coefficient (Wildman–Crippen LogP) is 3.49. The van der Waals surface area contributed by atoms with E-state index in [0.29, 0.717) is 17.9 Å². The summed E-state index contributed by atoms with van der Waals surface area (Å²) in [5, 5.41) is 9.99. The van der Waals surface area contributed by atoms with Gasteiger partial charge in [0.15, 0.2) is 0 Å². The molecule has 1 aliphatic carbocycles. The summed E-state index contributed by atoms with van der Waals surface area (Å²) in [6, 6.07) is 0.579. The Bertz CT molecular complexity index is 485. The van der Waals surface area contributed by atoms with E-state index >= 15 is 0 Å². The molecule has 0 spiro atoms. The molecule has 3 nitrogen and oxygen atoms in total. The van der Waals surface area contributed by atoms with Gasteiger partial charge in [0, 0.05) is 24.9 Å². The monoisotopic (exact) mass is 285 g/mol. The third kappa shape index (κ3) is 3.29. The molecular weight excluding hydrogens is 258 g/mol. The van der Waals surface area contributed by atoms with E-state index in [1.165, 1.54) is 5.57 Å². The smallest absolute Gasteiger partial charge is 0.0776 e. The van der Waals surface area contributed by atoms with Crippen LogP contribution in [0.3, 0.4) is 0 Å². The van der Waals surface area contributed by atoms with Crippen molar-refractivity contribution in [1.82, 2.24) is 10.3 Å². The van der Waals surface area contributed by atoms with Gasteiger partial charge in [0.1, 0.15) is 0 Å². The van der Waals surface area contributed by atoms with E-state index in [2.05, 4.69) is 66.9 Å². The Morgan fingerprint density at radius 3 is 2.90 bits per heavy atom. The van der Waals surface area contributed by atoms with E-state index in [1.807, 2.05) is 13.1 Å². The predicted molar refractivity (Wildman–Crippen MR) is 91.1 cm³/mol. The van der Waals surface area contributed by atoms with E-state index in [4.69, 9.17) is 0 Å². The summed E-state index contributed by atoms with van der Waals surface area (Å²) >= 11 is 0. The van der Waals surface area contributed by atoms with Crippen LogP contribution in [0.2, 0.25) is 0 Å². The summed E-state index contributed by atoms with van der Waals surface area (Å²) in [5.41, 5.74) is 2.53. The minimum atomic E-state index is 0.248. The molecule has 0 aromatic rings. The largest absolute Gasteiger partial charge is 0.392 e. The van der Waals surface area contributed by atoms with E-state index in [1.54, 1.807) is 0 Å². The summed E-state index contributed by atoms with van der Waals surface area (Å²) in [7, 11) is 1.92. The Labute approximate surface area is 128 Å². The Morgan fingerprint density at radius 1 is 1.52 bits per heavy atom. The molecule has 2 rings (SSSR count). The summed E-state index contributed by atoms with van der Waals surface area (Å²) in [5.74, 6) is 0.963. The maximum absolute atomic E-state index is 4.68. The van der Waals surface area contributed by atoms with Gasteiger partial charge < -0.3 is 5.32 Å². The van der Waals surface area contributed by atoms with Crippen LogP contribution < -0.4 is 5.32 Å². The highest BCUT2D eigenvalue weighted by molar-refractivity contribution is 5.70. The first-order chi connectivity index (χ1) is 10.1. The third-order valence-corrected chi connectivity index (χ3v) is 4.39. The van der Waals surface area contributed by atoms with Crippen LogP contribution in [-0.4, -0.2) is 30.4 Å². The molecule has 1 aliphatic heterocycles. The lowest BCUT2D eigenvalue weighted by molar-refractivity contribution is 0.193. The lowest BCUT2D eigenvalue weighted by atomic mass is 9.82. The van der Waals surface area contributed by atoms with Gasteiger partial charge in [-0.05, 0) is 18.8 Å². The second kappa shape index (κ2) is 6.79. The highest BCUT2D eigenvalue weighted by Gasteiger charge is 2.36. The average molecular weight is 285 g/mol. The molecule has 0 saturated carbocycles. The van der Waals surface area contributed by atoms with Crippen molar-refractivity contribution in [3.63, 3.8) is 0 Å². The van der Waals surface area contributed by atoms with Crippen molar-refractivity contribution in [2.75, 3.05) is 7.05 Å². The van der Waals surface area contributed by atoms with Crippen LogP contribution in [0.15, 0.2) is 53.8 Å². The normalized spacial score (nSPS) is 24.8. The standard InChI is InChI=1S/C18H27N3/c1-6-15(11-10-14(4)19-5)21-18-9-7-8-16(13(2)3)17(18)12-20-21/h6-9,12-13,15,17-19H,1,4,10-11H2,2-3,5H3. The second-order valence-corrected chi connectivity index (χ2v) is 6.06. The molecule has 0 radical (unpaired) electrons. The van der Waals surface area contributed by atoms with Gasteiger partial charge in [-0.25, -0.2) is 0 Å². The molecule has 0 bridgehead atoms. The molecule has 3 heteroatoms. The van der Waals surface area contributed by atoms with Gasteiger partial charge in [-0.1, -0.05) is 50.3 Å². The molecular formula is C18H27N3. The van der Waals surface area contributed by atoms with Crippen LogP contribution in [0.1, 0.15) is 26.7 Å². The molecule has 114 valence electrons. The zero-order chi connectivity index (χ0) is 15.4. The van der Waals surface area contributed by atoms with Gasteiger partial charge in [0.05, 0.1) is 12.1 Å². The van der Waals surface area contributed by atoms with Crippen LogP contribution in [0.4, 0.5) is 0 Å². The van der Waals surface area contributed by atoms with Crippen molar-refractivity contribution in [2.45, 2.75) is 38.8 Å². The number of hydrogen-bond acceptors (Lipinski definition) is 3. The highest BCUT2D eigenvalue weighted by Crippen LogP contribution is 2.34. The molecule has 1 N–H and O–H groups in total. The maximum Gasteiger partial charge on any atom is 0.0776 e.